The molecule has 8 heteroatoms. The van der Waals surface area contributed by atoms with Gasteiger partial charge in [-0.05, 0) is 34.6 Å². The maximum atomic E-state index is 11.3. The zero-order valence-corrected chi connectivity index (χ0v) is 18.7. The Bertz CT molecular complexity index is 538. The lowest BCUT2D eigenvalue weighted by Crippen LogP contribution is -2.30. The monoisotopic (exact) mass is 399 g/mol. The molecule has 0 aromatic rings. The summed E-state index contributed by atoms with van der Waals surface area (Å²) in [4.78, 5) is 55.9. The number of hydrogen-bond acceptors (Lipinski definition) is 5. The Balaban J connectivity index is -0.000000340. The molecule has 0 spiro atoms. The van der Waals surface area contributed by atoms with Crippen LogP contribution in [0.15, 0.2) is 12.2 Å². The summed E-state index contributed by atoms with van der Waals surface area (Å²) in [5, 5.41) is 2.34. The SMILES string of the molecule is C=C(C)CC(=O)N(CC)CC.CC(=O)CC(=O)N(C)C.CNC(=O)CC(C)=O. The fourth-order valence-electron chi connectivity index (χ4n) is 1.63. The lowest BCUT2D eigenvalue weighted by Gasteiger charge is -2.18. The van der Waals surface area contributed by atoms with Crippen LogP contribution in [0, 0.1) is 0 Å². The van der Waals surface area contributed by atoms with E-state index >= 15 is 0 Å². The van der Waals surface area contributed by atoms with Gasteiger partial charge in [0.25, 0.3) is 0 Å². The maximum Gasteiger partial charge on any atom is 0.229 e. The average molecular weight is 400 g/mol. The zero-order valence-electron chi connectivity index (χ0n) is 18.7. The van der Waals surface area contributed by atoms with Crippen LogP contribution < -0.4 is 5.32 Å². The molecular formula is C20H37N3O5. The van der Waals surface area contributed by atoms with Crippen molar-refractivity contribution in [3.05, 3.63) is 12.2 Å². The van der Waals surface area contributed by atoms with Crippen LogP contribution in [0.2, 0.25) is 0 Å². The van der Waals surface area contributed by atoms with Crippen molar-refractivity contribution in [2.75, 3.05) is 34.2 Å². The molecule has 0 heterocycles. The summed E-state index contributed by atoms with van der Waals surface area (Å²) in [5.74, 6) is -0.374. The van der Waals surface area contributed by atoms with Crippen LogP contribution >= 0.6 is 0 Å². The number of Topliss-reactive ketones (excluding diaryl/α,β-unsaturated/α-hetero) is 2. The highest BCUT2D eigenvalue weighted by molar-refractivity contribution is 5.97. The topological polar surface area (TPSA) is 104 Å². The number of amides is 3. The van der Waals surface area contributed by atoms with Gasteiger partial charge in [0.1, 0.15) is 11.6 Å². The average Bonchev–Trinajstić information content (AvgIpc) is 2.55. The second kappa shape index (κ2) is 17.9. The molecule has 0 saturated heterocycles. The first-order valence-corrected chi connectivity index (χ1v) is 9.13. The molecule has 0 saturated carbocycles. The zero-order chi connectivity index (χ0) is 22.9. The standard InChI is InChI=1S/C9H17NO.C6H11NO2.C5H9NO2/c1-5-10(6-2)9(11)7-8(3)4;1-5(8)4-6(9)7(2)3;1-4(7)3-5(8)6-2/h3,5-7H2,1-2,4H3;4H2,1-3H3;3H2,1-2H3,(H,6,8). The van der Waals surface area contributed by atoms with E-state index in [1.54, 1.807) is 14.1 Å². The quantitative estimate of drug-likeness (QED) is 0.493. The number of nitrogens with zero attached hydrogens (tertiary/aromatic N) is 2. The fourth-order valence-corrected chi connectivity index (χ4v) is 1.63. The molecule has 0 aromatic heterocycles. The van der Waals surface area contributed by atoms with Crippen LogP contribution in [0.5, 0.6) is 0 Å². The van der Waals surface area contributed by atoms with Gasteiger partial charge in [0.2, 0.25) is 17.7 Å². The van der Waals surface area contributed by atoms with Gasteiger partial charge in [-0.3, -0.25) is 24.0 Å². The molecule has 1 N–H and O–H groups in total. The summed E-state index contributed by atoms with van der Waals surface area (Å²) in [5.41, 5.74) is 0.932. The Labute approximate surface area is 169 Å². The predicted octanol–water partition coefficient (Wildman–Crippen LogP) is 1.59. The smallest absolute Gasteiger partial charge is 0.229 e. The number of hydrogen-bond donors (Lipinski definition) is 1. The fraction of sp³-hybridized carbons (Fsp3) is 0.650. The van der Waals surface area contributed by atoms with E-state index in [4.69, 9.17) is 0 Å². The Morgan fingerprint density at radius 1 is 0.786 bits per heavy atom. The Kier molecular flexibility index (Phi) is 19.3. The van der Waals surface area contributed by atoms with Gasteiger partial charge in [-0.15, -0.1) is 0 Å². The molecule has 3 amide bonds. The first-order chi connectivity index (χ1) is 12.8. The maximum absolute atomic E-state index is 11.3. The molecule has 0 aliphatic rings. The summed E-state index contributed by atoms with van der Waals surface area (Å²) in [6.07, 6.45) is 0.505. The van der Waals surface area contributed by atoms with Crippen LogP contribution in [0.25, 0.3) is 0 Å². The Hall–Kier alpha value is -2.51. The molecule has 28 heavy (non-hydrogen) atoms. The van der Waals surface area contributed by atoms with E-state index in [9.17, 15) is 24.0 Å². The third-order valence-corrected chi connectivity index (χ3v) is 3.16. The van der Waals surface area contributed by atoms with Crippen LogP contribution in [-0.4, -0.2) is 73.3 Å². The summed E-state index contributed by atoms with van der Waals surface area (Å²) < 4.78 is 0. The van der Waals surface area contributed by atoms with Crippen LogP contribution in [0.4, 0.5) is 0 Å². The highest BCUT2D eigenvalue weighted by atomic mass is 16.2. The molecule has 0 bridgehead atoms. The van der Waals surface area contributed by atoms with Crippen molar-refractivity contribution in [1.29, 1.82) is 0 Å². The lowest BCUT2D eigenvalue weighted by atomic mass is 10.2. The van der Waals surface area contributed by atoms with Crippen LogP contribution in [0.3, 0.4) is 0 Å². The highest BCUT2D eigenvalue weighted by Crippen LogP contribution is 2.00. The largest absolute Gasteiger partial charge is 0.359 e. The second-order valence-corrected chi connectivity index (χ2v) is 6.42. The van der Waals surface area contributed by atoms with Gasteiger partial charge < -0.3 is 15.1 Å². The van der Waals surface area contributed by atoms with E-state index in [1.807, 2.05) is 25.7 Å². The van der Waals surface area contributed by atoms with E-state index < -0.39 is 0 Å². The molecule has 0 rings (SSSR count). The van der Waals surface area contributed by atoms with Gasteiger partial charge in [0.15, 0.2) is 0 Å². The molecule has 0 atom stereocenters. The van der Waals surface area contributed by atoms with E-state index in [-0.39, 0.29) is 42.1 Å². The van der Waals surface area contributed by atoms with E-state index in [0.717, 1.165) is 18.7 Å². The van der Waals surface area contributed by atoms with Crippen molar-refractivity contribution in [3.63, 3.8) is 0 Å². The molecule has 162 valence electrons. The number of carbonyl (C=O) groups excluding carboxylic acids is 5. The molecule has 0 aliphatic heterocycles. The van der Waals surface area contributed by atoms with E-state index in [1.165, 1.54) is 25.8 Å². The van der Waals surface area contributed by atoms with Gasteiger partial charge in [-0.2, -0.15) is 0 Å². The molecule has 0 radical (unpaired) electrons. The van der Waals surface area contributed by atoms with Gasteiger partial charge in [-0.25, -0.2) is 0 Å². The molecule has 0 aromatic carbocycles. The first kappa shape index (κ1) is 30.2. The third-order valence-electron chi connectivity index (χ3n) is 3.16. The Morgan fingerprint density at radius 2 is 1.21 bits per heavy atom. The van der Waals surface area contributed by atoms with Crippen molar-refractivity contribution >= 4 is 29.3 Å². The minimum Gasteiger partial charge on any atom is -0.359 e. The van der Waals surface area contributed by atoms with Gasteiger partial charge in [0, 0.05) is 40.7 Å². The summed E-state index contributed by atoms with van der Waals surface area (Å²) in [6, 6.07) is 0. The first-order valence-electron chi connectivity index (χ1n) is 9.13. The van der Waals surface area contributed by atoms with Crippen LogP contribution in [0.1, 0.15) is 53.9 Å². The molecule has 0 unspecified atom stereocenters. The lowest BCUT2D eigenvalue weighted by molar-refractivity contribution is -0.133. The van der Waals surface area contributed by atoms with Crippen molar-refractivity contribution < 1.29 is 24.0 Å². The molecule has 8 nitrogen and oxygen atoms in total. The summed E-state index contributed by atoms with van der Waals surface area (Å²) in [6.45, 7) is 13.9. The van der Waals surface area contributed by atoms with Crippen molar-refractivity contribution in [3.8, 4) is 0 Å². The minimum absolute atomic E-state index is 0.00347. The third kappa shape index (κ3) is 21.5. The van der Waals surface area contributed by atoms with E-state index in [2.05, 4.69) is 11.9 Å². The van der Waals surface area contributed by atoms with Crippen molar-refractivity contribution in [2.45, 2.75) is 53.9 Å². The highest BCUT2D eigenvalue weighted by Gasteiger charge is 2.08. The second-order valence-electron chi connectivity index (χ2n) is 6.42. The number of carbonyl (C=O) groups is 5. The molecule has 0 fully saturated rings. The number of nitrogens with one attached hydrogen (secondary N) is 1. The van der Waals surface area contributed by atoms with Gasteiger partial charge >= 0.3 is 0 Å². The van der Waals surface area contributed by atoms with Crippen molar-refractivity contribution in [2.24, 2.45) is 0 Å². The molecule has 0 aliphatic carbocycles. The van der Waals surface area contributed by atoms with Crippen molar-refractivity contribution in [1.82, 2.24) is 15.1 Å². The van der Waals surface area contributed by atoms with E-state index in [0.29, 0.717) is 6.42 Å². The summed E-state index contributed by atoms with van der Waals surface area (Å²) in [7, 11) is 4.77. The van der Waals surface area contributed by atoms with Crippen LogP contribution in [-0.2, 0) is 24.0 Å². The number of rotatable bonds is 8. The number of ketones is 2. The molecular weight excluding hydrogens is 362 g/mol. The Morgan fingerprint density at radius 3 is 1.39 bits per heavy atom. The normalized spacial score (nSPS) is 8.86. The van der Waals surface area contributed by atoms with Gasteiger partial charge in [0.05, 0.1) is 12.8 Å². The summed E-state index contributed by atoms with van der Waals surface area (Å²) >= 11 is 0. The minimum atomic E-state index is -0.225. The van der Waals surface area contributed by atoms with Gasteiger partial charge in [-0.1, -0.05) is 12.2 Å². The predicted molar refractivity (Wildman–Crippen MR) is 111 cm³/mol.